The Hall–Kier alpha value is -1.62. The molecule has 1 unspecified atom stereocenters. The van der Waals surface area contributed by atoms with Gasteiger partial charge in [0.1, 0.15) is 0 Å². The van der Waals surface area contributed by atoms with E-state index in [1.807, 2.05) is 6.92 Å². The summed E-state index contributed by atoms with van der Waals surface area (Å²) in [5.41, 5.74) is 0. The molecule has 1 aromatic carbocycles. The Balaban J connectivity index is 2.16. The maximum atomic E-state index is 13.6. The number of carbonyl (C=O) groups excluding carboxylic acids is 2. The summed E-state index contributed by atoms with van der Waals surface area (Å²) in [5.74, 6) is -1.93. The van der Waals surface area contributed by atoms with Gasteiger partial charge in [0.15, 0.2) is 11.6 Å². The van der Waals surface area contributed by atoms with Gasteiger partial charge < -0.3 is 9.47 Å². The van der Waals surface area contributed by atoms with Gasteiger partial charge in [0.05, 0.1) is 11.1 Å². The third-order valence-corrected chi connectivity index (χ3v) is 4.49. The van der Waals surface area contributed by atoms with E-state index < -0.39 is 11.8 Å². The van der Waals surface area contributed by atoms with Crippen LogP contribution in [0.2, 0.25) is 5.02 Å². The molecular formula is C21H30ClFO4. The summed E-state index contributed by atoms with van der Waals surface area (Å²) in [6.07, 6.45) is 8.34. The lowest BCUT2D eigenvalue weighted by Crippen LogP contribution is -2.16. The van der Waals surface area contributed by atoms with E-state index in [9.17, 15) is 14.0 Å². The topological polar surface area (TPSA) is 52.6 Å². The van der Waals surface area contributed by atoms with Gasteiger partial charge in [-0.2, -0.15) is 0 Å². The van der Waals surface area contributed by atoms with Crippen LogP contribution in [-0.4, -0.2) is 18.0 Å². The van der Waals surface area contributed by atoms with Crippen LogP contribution in [-0.2, 0) is 14.3 Å². The Morgan fingerprint density at radius 3 is 2.41 bits per heavy atom. The lowest BCUT2D eigenvalue weighted by molar-refractivity contribution is -0.148. The van der Waals surface area contributed by atoms with Crippen LogP contribution in [0.1, 0.15) is 78.1 Å². The summed E-state index contributed by atoms with van der Waals surface area (Å²) in [5, 5.41) is 0.0336. The molecule has 27 heavy (non-hydrogen) atoms. The van der Waals surface area contributed by atoms with Gasteiger partial charge in [0, 0.05) is 12.8 Å². The molecule has 0 aliphatic heterocycles. The van der Waals surface area contributed by atoms with Crippen LogP contribution in [0.3, 0.4) is 0 Å². The number of esters is 2. The predicted octanol–water partition coefficient (Wildman–Crippen LogP) is 6.24. The summed E-state index contributed by atoms with van der Waals surface area (Å²) in [7, 11) is 0. The van der Waals surface area contributed by atoms with Gasteiger partial charge in [-0.3, -0.25) is 9.59 Å². The van der Waals surface area contributed by atoms with E-state index in [2.05, 4.69) is 6.92 Å². The quantitative estimate of drug-likeness (QED) is 0.223. The maximum absolute atomic E-state index is 13.6. The molecule has 0 N–H and O–H groups in total. The second-order valence-electron chi connectivity index (χ2n) is 6.74. The highest BCUT2D eigenvalue weighted by molar-refractivity contribution is 6.32. The molecule has 6 heteroatoms. The molecule has 0 aliphatic rings. The van der Waals surface area contributed by atoms with E-state index in [0.29, 0.717) is 0 Å². The van der Waals surface area contributed by atoms with E-state index in [4.69, 9.17) is 21.1 Å². The molecule has 0 radical (unpaired) electrons. The highest BCUT2D eigenvalue weighted by atomic mass is 35.5. The zero-order valence-corrected chi connectivity index (χ0v) is 17.0. The molecule has 0 aliphatic carbocycles. The van der Waals surface area contributed by atoms with Crippen molar-refractivity contribution in [2.24, 2.45) is 0 Å². The van der Waals surface area contributed by atoms with Crippen molar-refractivity contribution in [3.8, 4) is 5.75 Å². The highest BCUT2D eigenvalue weighted by Gasteiger charge is 2.15. The number of rotatable bonds is 13. The maximum Gasteiger partial charge on any atom is 0.311 e. The average molecular weight is 401 g/mol. The van der Waals surface area contributed by atoms with Gasteiger partial charge in [0.2, 0.25) is 0 Å². The van der Waals surface area contributed by atoms with E-state index in [1.165, 1.54) is 37.8 Å². The second kappa shape index (κ2) is 13.5. The van der Waals surface area contributed by atoms with Gasteiger partial charge in [-0.1, -0.05) is 56.7 Å². The minimum absolute atomic E-state index is 0.00836. The molecule has 1 rings (SSSR count). The first kappa shape index (κ1) is 23.4. The zero-order chi connectivity index (χ0) is 20.1. The van der Waals surface area contributed by atoms with Gasteiger partial charge in [0.25, 0.3) is 0 Å². The molecule has 0 saturated heterocycles. The van der Waals surface area contributed by atoms with Crippen LogP contribution < -0.4 is 4.74 Å². The first-order chi connectivity index (χ1) is 12.9. The normalized spacial score (nSPS) is 11.9. The van der Waals surface area contributed by atoms with Crippen LogP contribution in [0, 0.1) is 5.82 Å². The van der Waals surface area contributed by atoms with Crippen LogP contribution in [0.15, 0.2) is 18.2 Å². The van der Waals surface area contributed by atoms with Crippen molar-refractivity contribution in [1.29, 1.82) is 0 Å². The van der Waals surface area contributed by atoms with Crippen LogP contribution in [0.4, 0.5) is 4.39 Å². The minimum Gasteiger partial charge on any atom is -0.463 e. The summed E-state index contributed by atoms with van der Waals surface area (Å²) in [4.78, 5) is 23.6. The smallest absolute Gasteiger partial charge is 0.311 e. The minimum atomic E-state index is -0.696. The van der Waals surface area contributed by atoms with Crippen LogP contribution >= 0.6 is 11.6 Å². The number of halogens is 2. The number of carbonyl (C=O) groups is 2. The molecule has 0 aromatic heterocycles. The fraction of sp³-hybridized carbons (Fsp3) is 0.619. The molecule has 0 amide bonds. The van der Waals surface area contributed by atoms with Crippen molar-refractivity contribution >= 4 is 23.5 Å². The Kier molecular flexibility index (Phi) is 11.7. The number of para-hydroxylation sites is 1. The molecule has 0 bridgehead atoms. The van der Waals surface area contributed by atoms with E-state index in [-0.39, 0.29) is 42.1 Å². The molecule has 0 saturated carbocycles. The SMILES string of the molecule is CCCCCCCCC(C)OC(=O)CCCC(=O)Oc1c(F)cccc1Cl. The van der Waals surface area contributed by atoms with E-state index >= 15 is 0 Å². The van der Waals surface area contributed by atoms with Crippen molar-refractivity contribution in [3.05, 3.63) is 29.0 Å². The summed E-state index contributed by atoms with van der Waals surface area (Å²) >= 11 is 5.80. The van der Waals surface area contributed by atoms with Gasteiger partial charge in [-0.25, -0.2) is 4.39 Å². The molecule has 1 atom stereocenters. The molecule has 4 nitrogen and oxygen atoms in total. The van der Waals surface area contributed by atoms with Crippen LogP contribution in [0.25, 0.3) is 0 Å². The van der Waals surface area contributed by atoms with Crippen molar-refractivity contribution in [2.45, 2.75) is 84.2 Å². The van der Waals surface area contributed by atoms with Crippen molar-refractivity contribution < 1.29 is 23.5 Å². The Bertz CT molecular complexity index is 571. The lowest BCUT2D eigenvalue weighted by atomic mass is 10.1. The van der Waals surface area contributed by atoms with E-state index in [1.54, 1.807) is 0 Å². The summed E-state index contributed by atoms with van der Waals surface area (Å²) in [6.45, 7) is 4.08. The Morgan fingerprint density at radius 2 is 1.70 bits per heavy atom. The fourth-order valence-electron chi connectivity index (χ4n) is 2.68. The van der Waals surface area contributed by atoms with Gasteiger partial charge in [-0.15, -0.1) is 0 Å². The third-order valence-electron chi connectivity index (χ3n) is 4.19. The number of benzene rings is 1. The third kappa shape index (κ3) is 10.3. The van der Waals surface area contributed by atoms with Gasteiger partial charge >= 0.3 is 11.9 Å². The molecule has 152 valence electrons. The fourth-order valence-corrected chi connectivity index (χ4v) is 2.88. The van der Waals surface area contributed by atoms with Crippen LogP contribution in [0.5, 0.6) is 5.75 Å². The lowest BCUT2D eigenvalue weighted by Gasteiger charge is -2.13. The first-order valence-corrected chi connectivity index (χ1v) is 10.2. The number of hydrogen-bond acceptors (Lipinski definition) is 4. The monoisotopic (exact) mass is 400 g/mol. The number of unbranched alkanes of at least 4 members (excludes halogenated alkanes) is 5. The molecule has 0 spiro atoms. The molecule has 0 heterocycles. The average Bonchev–Trinajstić information content (AvgIpc) is 2.61. The number of hydrogen-bond donors (Lipinski definition) is 0. The standard InChI is InChI=1S/C21H30ClFO4/c1-3-4-5-6-7-8-11-16(2)26-19(24)14-10-15-20(25)27-21-17(22)12-9-13-18(21)23/h9,12-13,16H,3-8,10-11,14-15H2,1-2H3. The molecule has 1 aromatic rings. The largest absolute Gasteiger partial charge is 0.463 e. The van der Waals surface area contributed by atoms with E-state index in [0.717, 1.165) is 25.3 Å². The number of ether oxygens (including phenoxy) is 2. The molecule has 0 fully saturated rings. The highest BCUT2D eigenvalue weighted by Crippen LogP contribution is 2.27. The summed E-state index contributed by atoms with van der Waals surface area (Å²) in [6, 6.07) is 4.03. The zero-order valence-electron chi connectivity index (χ0n) is 16.3. The van der Waals surface area contributed by atoms with Crippen molar-refractivity contribution in [3.63, 3.8) is 0 Å². The Morgan fingerprint density at radius 1 is 1.04 bits per heavy atom. The molecular weight excluding hydrogens is 371 g/mol. The Labute approximate surface area is 166 Å². The first-order valence-electron chi connectivity index (χ1n) is 9.78. The summed E-state index contributed by atoms with van der Waals surface area (Å²) < 4.78 is 23.8. The second-order valence-corrected chi connectivity index (χ2v) is 7.14. The predicted molar refractivity (Wildman–Crippen MR) is 104 cm³/mol. The van der Waals surface area contributed by atoms with Gasteiger partial charge in [-0.05, 0) is 38.3 Å². The van der Waals surface area contributed by atoms with Crippen molar-refractivity contribution in [1.82, 2.24) is 0 Å². The van der Waals surface area contributed by atoms with Crippen molar-refractivity contribution in [2.75, 3.05) is 0 Å².